The van der Waals surface area contributed by atoms with Gasteiger partial charge >= 0.3 is 0 Å². The second-order valence-corrected chi connectivity index (χ2v) is 3.91. The second-order valence-electron chi connectivity index (χ2n) is 3.91. The maximum Gasteiger partial charge on any atom is 0.255 e. The molecule has 0 atom stereocenters. The molecule has 1 amide bonds. The molecule has 18 heavy (non-hydrogen) atoms. The van der Waals surface area contributed by atoms with E-state index in [9.17, 15) is 9.90 Å². The molecule has 0 saturated heterocycles. The van der Waals surface area contributed by atoms with Gasteiger partial charge in [0.2, 0.25) is 0 Å². The number of nitrogens with two attached hydrogens (primary N) is 1. The fraction of sp³-hybridized carbons (Fsp3) is 0.0714. The van der Waals surface area contributed by atoms with Gasteiger partial charge in [0, 0.05) is 17.8 Å². The Morgan fingerprint density at radius 3 is 2.67 bits per heavy atom. The van der Waals surface area contributed by atoms with Gasteiger partial charge in [-0.2, -0.15) is 0 Å². The lowest BCUT2D eigenvalue weighted by Gasteiger charge is -2.07. The van der Waals surface area contributed by atoms with Crippen LogP contribution in [0.4, 0.5) is 5.69 Å². The number of aromatic hydroxyl groups is 1. The Balaban J connectivity index is 2.16. The molecule has 92 valence electrons. The molecule has 0 fully saturated rings. The Labute approximate surface area is 105 Å². The van der Waals surface area contributed by atoms with Gasteiger partial charge in [-0.05, 0) is 35.9 Å². The fourth-order valence-corrected chi connectivity index (χ4v) is 1.63. The lowest BCUT2D eigenvalue weighted by molar-refractivity contribution is 0.102. The SMILES string of the molecule is NCc1cccc(NC(=O)c2cccc(O)c2)c1. The molecule has 0 bridgehead atoms. The van der Waals surface area contributed by atoms with Crippen LogP contribution in [0, 0.1) is 0 Å². The molecule has 2 rings (SSSR count). The molecule has 4 nitrogen and oxygen atoms in total. The number of hydrogen-bond acceptors (Lipinski definition) is 3. The van der Waals surface area contributed by atoms with Gasteiger partial charge < -0.3 is 16.2 Å². The highest BCUT2D eigenvalue weighted by molar-refractivity contribution is 6.04. The summed E-state index contributed by atoms with van der Waals surface area (Å²) >= 11 is 0. The Morgan fingerprint density at radius 1 is 1.17 bits per heavy atom. The number of hydrogen-bond donors (Lipinski definition) is 3. The quantitative estimate of drug-likeness (QED) is 0.771. The van der Waals surface area contributed by atoms with E-state index >= 15 is 0 Å². The molecule has 0 aliphatic rings. The van der Waals surface area contributed by atoms with Crippen molar-refractivity contribution in [3.8, 4) is 5.75 Å². The van der Waals surface area contributed by atoms with Gasteiger partial charge in [-0.1, -0.05) is 18.2 Å². The van der Waals surface area contributed by atoms with Crippen LogP contribution in [0.3, 0.4) is 0 Å². The minimum absolute atomic E-state index is 0.0679. The minimum atomic E-state index is -0.264. The third kappa shape index (κ3) is 2.87. The average molecular weight is 242 g/mol. The first-order valence-electron chi connectivity index (χ1n) is 5.58. The van der Waals surface area contributed by atoms with Crippen molar-refractivity contribution < 1.29 is 9.90 Å². The number of carbonyl (C=O) groups excluding carboxylic acids is 1. The van der Waals surface area contributed by atoms with E-state index in [4.69, 9.17) is 5.73 Å². The third-order valence-electron chi connectivity index (χ3n) is 2.53. The fourth-order valence-electron chi connectivity index (χ4n) is 1.63. The highest BCUT2D eigenvalue weighted by Gasteiger charge is 2.06. The number of nitrogens with one attached hydrogen (secondary N) is 1. The zero-order valence-electron chi connectivity index (χ0n) is 9.76. The summed E-state index contributed by atoms with van der Waals surface area (Å²) < 4.78 is 0. The molecule has 0 saturated carbocycles. The highest BCUT2D eigenvalue weighted by Crippen LogP contribution is 2.14. The lowest BCUT2D eigenvalue weighted by atomic mass is 10.1. The zero-order chi connectivity index (χ0) is 13.0. The number of phenols is 1. The van der Waals surface area contributed by atoms with Gasteiger partial charge in [-0.25, -0.2) is 0 Å². The van der Waals surface area contributed by atoms with Gasteiger partial charge in [0.25, 0.3) is 5.91 Å². The zero-order valence-corrected chi connectivity index (χ0v) is 9.76. The molecule has 4 N–H and O–H groups in total. The van der Waals surface area contributed by atoms with Gasteiger partial charge in [-0.15, -0.1) is 0 Å². The molecule has 0 aliphatic carbocycles. The van der Waals surface area contributed by atoms with Crippen LogP contribution in [0.2, 0.25) is 0 Å². The molecular weight excluding hydrogens is 228 g/mol. The Bertz CT molecular complexity index is 567. The molecular formula is C14H14N2O2. The first-order valence-corrected chi connectivity index (χ1v) is 5.58. The molecule has 0 aromatic heterocycles. The van der Waals surface area contributed by atoms with Crippen molar-refractivity contribution >= 4 is 11.6 Å². The normalized spacial score (nSPS) is 10.1. The van der Waals surface area contributed by atoms with E-state index in [1.807, 2.05) is 18.2 Å². The highest BCUT2D eigenvalue weighted by atomic mass is 16.3. The van der Waals surface area contributed by atoms with Gasteiger partial charge in [-0.3, -0.25) is 4.79 Å². The predicted octanol–water partition coefficient (Wildman–Crippen LogP) is 2.10. The standard InChI is InChI=1S/C14H14N2O2/c15-9-10-3-1-5-12(7-10)16-14(18)11-4-2-6-13(17)8-11/h1-8,17H,9,15H2,(H,16,18). The van der Waals surface area contributed by atoms with Crippen LogP contribution in [0.5, 0.6) is 5.75 Å². The summed E-state index contributed by atoms with van der Waals surface area (Å²) in [4.78, 5) is 11.9. The van der Waals surface area contributed by atoms with Crippen LogP contribution in [0.1, 0.15) is 15.9 Å². The predicted molar refractivity (Wildman–Crippen MR) is 70.4 cm³/mol. The number of amides is 1. The number of anilines is 1. The summed E-state index contributed by atoms with van der Waals surface area (Å²) in [5.74, 6) is -0.196. The largest absolute Gasteiger partial charge is 0.508 e. The Kier molecular flexibility index (Phi) is 3.60. The molecule has 4 heteroatoms. The van der Waals surface area contributed by atoms with Gasteiger partial charge in [0.05, 0.1) is 0 Å². The average Bonchev–Trinajstić information content (AvgIpc) is 2.39. The number of carbonyl (C=O) groups is 1. The summed E-state index contributed by atoms with van der Waals surface area (Å²) in [5, 5.41) is 12.1. The summed E-state index contributed by atoms with van der Waals surface area (Å²) in [6.45, 7) is 0.426. The van der Waals surface area contributed by atoms with Crippen molar-refractivity contribution in [3.63, 3.8) is 0 Å². The number of phenolic OH excluding ortho intramolecular Hbond substituents is 1. The van der Waals surface area contributed by atoms with Crippen molar-refractivity contribution in [2.75, 3.05) is 5.32 Å². The van der Waals surface area contributed by atoms with Gasteiger partial charge in [0.1, 0.15) is 5.75 Å². The molecule has 2 aromatic rings. The molecule has 0 aliphatic heterocycles. The molecule has 2 aromatic carbocycles. The monoisotopic (exact) mass is 242 g/mol. The van der Waals surface area contributed by atoms with E-state index in [0.29, 0.717) is 17.8 Å². The molecule has 0 spiro atoms. The van der Waals surface area contributed by atoms with Crippen LogP contribution in [-0.4, -0.2) is 11.0 Å². The van der Waals surface area contributed by atoms with Crippen molar-refractivity contribution in [1.82, 2.24) is 0 Å². The maximum absolute atomic E-state index is 11.9. The summed E-state index contributed by atoms with van der Waals surface area (Å²) in [7, 11) is 0. The smallest absolute Gasteiger partial charge is 0.255 e. The molecule has 0 heterocycles. The lowest BCUT2D eigenvalue weighted by Crippen LogP contribution is -2.12. The molecule has 0 unspecified atom stereocenters. The summed E-state index contributed by atoms with van der Waals surface area (Å²) in [6, 6.07) is 13.5. The van der Waals surface area contributed by atoms with E-state index in [1.54, 1.807) is 18.2 Å². The van der Waals surface area contributed by atoms with Crippen LogP contribution in [-0.2, 0) is 6.54 Å². The van der Waals surface area contributed by atoms with Crippen LogP contribution < -0.4 is 11.1 Å². The first kappa shape index (κ1) is 12.1. The van der Waals surface area contributed by atoms with Gasteiger partial charge in [0.15, 0.2) is 0 Å². The van der Waals surface area contributed by atoms with E-state index in [0.717, 1.165) is 5.56 Å². The van der Waals surface area contributed by atoms with E-state index in [-0.39, 0.29) is 11.7 Å². The number of rotatable bonds is 3. The van der Waals surface area contributed by atoms with Crippen LogP contribution in [0.15, 0.2) is 48.5 Å². The Hall–Kier alpha value is -2.33. The first-order chi connectivity index (χ1) is 8.69. The topological polar surface area (TPSA) is 75.3 Å². The van der Waals surface area contributed by atoms with Crippen molar-refractivity contribution in [1.29, 1.82) is 0 Å². The third-order valence-corrected chi connectivity index (χ3v) is 2.53. The van der Waals surface area contributed by atoms with E-state index in [1.165, 1.54) is 12.1 Å². The Morgan fingerprint density at radius 2 is 1.94 bits per heavy atom. The van der Waals surface area contributed by atoms with Crippen molar-refractivity contribution in [2.45, 2.75) is 6.54 Å². The molecule has 0 radical (unpaired) electrons. The van der Waals surface area contributed by atoms with E-state index in [2.05, 4.69) is 5.32 Å². The van der Waals surface area contributed by atoms with Crippen LogP contribution >= 0.6 is 0 Å². The van der Waals surface area contributed by atoms with E-state index < -0.39 is 0 Å². The minimum Gasteiger partial charge on any atom is -0.508 e. The maximum atomic E-state index is 11.9. The van der Waals surface area contributed by atoms with Crippen molar-refractivity contribution in [3.05, 3.63) is 59.7 Å². The van der Waals surface area contributed by atoms with Crippen molar-refractivity contribution in [2.24, 2.45) is 5.73 Å². The summed E-state index contributed by atoms with van der Waals surface area (Å²) in [6.07, 6.45) is 0. The number of benzene rings is 2. The summed E-state index contributed by atoms with van der Waals surface area (Å²) in [5.41, 5.74) is 7.58. The second kappa shape index (κ2) is 5.33. The van der Waals surface area contributed by atoms with Crippen LogP contribution in [0.25, 0.3) is 0 Å².